The molecule has 0 unspecified atom stereocenters. The number of hydrogen-bond acceptors (Lipinski definition) is 7. The number of aliphatic hydroxyl groups excluding tert-OH is 1. The largest absolute Gasteiger partial charge is 0.416 e. The van der Waals surface area contributed by atoms with E-state index < -0.39 is 33.7 Å². The second kappa shape index (κ2) is 16.9. The van der Waals surface area contributed by atoms with E-state index >= 15 is 0 Å². The smallest absolute Gasteiger partial charge is 0.396 e. The molecule has 3 aromatic carbocycles. The highest BCUT2D eigenvalue weighted by Crippen LogP contribution is 2.43. The topological polar surface area (TPSA) is 131 Å². The Kier molecular flexibility index (Phi) is 13.2. The maximum Gasteiger partial charge on any atom is 0.416 e. The van der Waals surface area contributed by atoms with E-state index in [0.717, 1.165) is 22.8 Å². The number of rotatable bonds is 9. The lowest BCUT2D eigenvalue weighted by Gasteiger charge is -2.35. The van der Waals surface area contributed by atoms with Crippen molar-refractivity contribution in [2.24, 2.45) is 0 Å². The fraction of sp³-hybridized carbons (Fsp3) is 0.294. The first-order chi connectivity index (χ1) is 23.2. The summed E-state index contributed by atoms with van der Waals surface area (Å²) in [6, 6.07) is 21.9. The van der Waals surface area contributed by atoms with Gasteiger partial charge in [-0.15, -0.1) is 0 Å². The Hall–Kier alpha value is -3.56. The van der Waals surface area contributed by atoms with Crippen LogP contribution < -0.4 is 5.06 Å². The van der Waals surface area contributed by atoms with Crippen molar-refractivity contribution in [2.75, 3.05) is 30.5 Å². The van der Waals surface area contributed by atoms with Gasteiger partial charge in [0, 0.05) is 29.9 Å². The number of carbonyl (C=O) groups excluding carboxylic acids is 1. The monoisotopic (exact) mass is 739 g/mol. The number of aliphatic hydroxyl groups is 1. The van der Waals surface area contributed by atoms with Gasteiger partial charge in [0.05, 0.1) is 17.0 Å². The summed E-state index contributed by atoms with van der Waals surface area (Å²) in [4.78, 5) is 19.0. The summed E-state index contributed by atoms with van der Waals surface area (Å²) in [7, 11) is -3.85. The molecule has 1 aliphatic rings. The summed E-state index contributed by atoms with van der Waals surface area (Å²) in [5, 5.41) is 19.9. The third kappa shape index (κ3) is 11.0. The number of amides is 1. The molecule has 0 atom stereocenters. The molecule has 3 N–H and O–H groups in total. The number of benzene rings is 3. The molecule has 0 radical (unpaired) electrons. The molecule has 15 heteroatoms. The molecule has 4 aromatic rings. The summed E-state index contributed by atoms with van der Waals surface area (Å²) in [5.41, 5.74) is 2.11. The van der Waals surface area contributed by atoms with Crippen LogP contribution in [-0.2, 0) is 22.8 Å². The normalized spacial score (nSPS) is 14.2. The van der Waals surface area contributed by atoms with Crippen LogP contribution in [0.25, 0.3) is 11.1 Å². The van der Waals surface area contributed by atoms with Gasteiger partial charge in [-0.05, 0) is 96.9 Å². The molecule has 0 spiro atoms. The van der Waals surface area contributed by atoms with Crippen LogP contribution in [0.2, 0.25) is 10.2 Å². The number of hydroxylamine groups is 1. The first kappa shape index (κ1) is 38.2. The van der Waals surface area contributed by atoms with Gasteiger partial charge in [-0.25, -0.2) is 4.98 Å². The van der Waals surface area contributed by atoms with Crippen LogP contribution in [0.15, 0.2) is 85.1 Å². The predicted octanol–water partition coefficient (Wildman–Crippen LogP) is 7.75. The van der Waals surface area contributed by atoms with Crippen LogP contribution in [0.4, 0.5) is 18.9 Å². The number of aromatic nitrogens is 1. The molecule has 9 nitrogen and oxygen atoms in total. The van der Waals surface area contributed by atoms with Gasteiger partial charge in [0.1, 0.15) is 5.15 Å². The fourth-order valence-electron chi connectivity index (χ4n) is 5.51. The number of likely N-dealkylation sites (tertiary alicyclic amines) is 1. The van der Waals surface area contributed by atoms with Gasteiger partial charge in [0.25, 0.3) is 16.0 Å². The average molecular weight is 741 g/mol. The Morgan fingerprint density at radius 2 is 1.57 bits per heavy atom. The third-order valence-electron chi connectivity index (χ3n) is 7.88. The number of hydrogen-bond donors (Lipinski definition) is 3. The summed E-state index contributed by atoms with van der Waals surface area (Å²) < 4.78 is 70.1. The minimum Gasteiger partial charge on any atom is -0.396 e. The highest BCUT2D eigenvalue weighted by molar-refractivity contribution is 7.85. The third-order valence-corrected chi connectivity index (χ3v) is 9.14. The summed E-state index contributed by atoms with van der Waals surface area (Å²) in [6.45, 7) is 1.58. The number of piperidine rings is 1. The van der Waals surface area contributed by atoms with E-state index in [-0.39, 0.29) is 45.8 Å². The highest BCUT2D eigenvalue weighted by atomic mass is 35.5. The van der Waals surface area contributed by atoms with E-state index in [1.54, 1.807) is 0 Å². The Morgan fingerprint density at radius 1 is 0.959 bits per heavy atom. The lowest BCUT2D eigenvalue weighted by Crippen LogP contribution is -2.34. The molecule has 5 rings (SSSR count). The fourth-order valence-corrected chi connectivity index (χ4v) is 6.30. The zero-order valence-electron chi connectivity index (χ0n) is 26.0. The molecule has 49 heavy (non-hydrogen) atoms. The number of anilines is 1. The highest BCUT2D eigenvalue weighted by Gasteiger charge is 2.39. The quantitative estimate of drug-likeness (QED) is 0.0688. The molecular weight excluding hydrogens is 706 g/mol. The Balaban J connectivity index is 0.000000603. The minimum atomic E-state index is -4.65. The molecule has 0 aliphatic carbocycles. The summed E-state index contributed by atoms with van der Waals surface area (Å²) in [5.74, 6) is -1.76. The van der Waals surface area contributed by atoms with Crippen LogP contribution in [-0.4, -0.2) is 64.5 Å². The number of carbonyl (C=O) groups is 1. The molecule has 262 valence electrons. The van der Waals surface area contributed by atoms with E-state index in [2.05, 4.69) is 9.88 Å². The molecule has 0 bridgehead atoms. The van der Waals surface area contributed by atoms with Crippen molar-refractivity contribution in [3.8, 4) is 11.1 Å². The van der Waals surface area contributed by atoms with Crippen molar-refractivity contribution >= 4 is 44.9 Å². The molecule has 1 fully saturated rings. The first-order valence-corrected chi connectivity index (χ1v) is 17.5. The number of pyridine rings is 1. The molecule has 1 aliphatic heterocycles. The van der Waals surface area contributed by atoms with Crippen LogP contribution >= 0.6 is 23.2 Å². The van der Waals surface area contributed by atoms with Crippen molar-refractivity contribution in [1.29, 1.82) is 0 Å². The molecule has 1 amide bonds. The summed E-state index contributed by atoms with van der Waals surface area (Å²) in [6.07, 6.45) is -2.40. The number of alkyl halides is 3. The van der Waals surface area contributed by atoms with Crippen molar-refractivity contribution in [3.05, 3.63) is 117 Å². The maximum absolute atomic E-state index is 14.1. The van der Waals surface area contributed by atoms with Crippen LogP contribution in [0.3, 0.4) is 0 Å². The second-order valence-corrected chi connectivity index (χ2v) is 13.7. The van der Waals surface area contributed by atoms with Gasteiger partial charge in [0.2, 0.25) is 0 Å². The van der Waals surface area contributed by atoms with Gasteiger partial charge in [-0.1, -0.05) is 65.7 Å². The van der Waals surface area contributed by atoms with Crippen LogP contribution in [0.5, 0.6) is 0 Å². The van der Waals surface area contributed by atoms with Gasteiger partial charge >= 0.3 is 6.18 Å². The van der Waals surface area contributed by atoms with E-state index in [1.807, 2.05) is 48.5 Å². The SMILES string of the molecule is O=C(c1ccnc(Cl)c1)N(O)c1cccc(C(F)(F)F)c1C1CCN(Cc2ccc(-c3ccc(Cl)cc3)cc2)CC1.O=S(=O)(O)CCCO. The molecule has 1 saturated heterocycles. The van der Waals surface area contributed by atoms with E-state index in [0.29, 0.717) is 37.5 Å². The van der Waals surface area contributed by atoms with Crippen LogP contribution in [0.1, 0.15) is 52.2 Å². The molecule has 2 heterocycles. The lowest BCUT2D eigenvalue weighted by atomic mass is 9.84. The van der Waals surface area contributed by atoms with Gasteiger partial charge in [-0.2, -0.15) is 26.7 Å². The van der Waals surface area contributed by atoms with E-state index in [4.69, 9.17) is 32.9 Å². The Morgan fingerprint density at radius 3 is 2.10 bits per heavy atom. The predicted molar refractivity (Wildman–Crippen MR) is 182 cm³/mol. The number of halogens is 5. The van der Waals surface area contributed by atoms with Crippen molar-refractivity contribution in [1.82, 2.24) is 9.88 Å². The first-order valence-electron chi connectivity index (χ1n) is 15.1. The Bertz CT molecular complexity index is 1820. The zero-order valence-corrected chi connectivity index (χ0v) is 28.4. The molecule has 0 saturated carbocycles. The lowest BCUT2D eigenvalue weighted by molar-refractivity contribution is -0.138. The van der Waals surface area contributed by atoms with Crippen molar-refractivity contribution in [3.63, 3.8) is 0 Å². The number of nitrogens with zero attached hydrogens (tertiary/aromatic N) is 3. The second-order valence-electron chi connectivity index (χ2n) is 11.3. The van der Waals surface area contributed by atoms with Crippen LogP contribution in [0, 0.1) is 0 Å². The van der Waals surface area contributed by atoms with E-state index in [9.17, 15) is 31.6 Å². The van der Waals surface area contributed by atoms with Gasteiger partial charge in [0.15, 0.2) is 0 Å². The van der Waals surface area contributed by atoms with Crippen molar-refractivity contribution < 1.29 is 41.3 Å². The average Bonchev–Trinajstić information content (AvgIpc) is 3.07. The van der Waals surface area contributed by atoms with Crippen molar-refractivity contribution in [2.45, 2.75) is 37.9 Å². The zero-order chi connectivity index (χ0) is 35.8. The van der Waals surface area contributed by atoms with E-state index in [1.165, 1.54) is 30.5 Å². The minimum absolute atomic E-state index is 0.00719. The Labute approximate surface area is 292 Å². The summed E-state index contributed by atoms with van der Waals surface area (Å²) >= 11 is 11.9. The standard InChI is InChI=1S/C31H26Cl2F3N3O2.C3H8O4S/c32-25-10-8-22(9-11-25)21-6-4-20(5-7-21)19-38-16-13-23(14-17-38)29-26(31(34,35)36)2-1-3-27(29)39(41)30(40)24-12-15-37-28(33)18-24;4-2-1-3-8(5,6)7/h1-12,15,18,23,41H,13-14,16-17,19H2;4H,1-3H2,(H,5,6,7). The maximum atomic E-state index is 14.1. The van der Waals surface area contributed by atoms with Gasteiger partial charge in [-0.3, -0.25) is 19.5 Å². The molecular formula is C34H34Cl2F3N3O6S. The van der Waals surface area contributed by atoms with Gasteiger partial charge < -0.3 is 5.11 Å². The molecule has 1 aromatic heterocycles.